The largest absolute Gasteiger partial charge is 0.396 e. The first kappa shape index (κ1) is 38.8. The maximum atomic E-state index is 9.26. The number of rotatable bonds is 34. The number of nitrogens with zero attached hydrogens (tertiary/aromatic N) is 2. The minimum atomic E-state index is 0.220. The highest BCUT2D eigenvalue weighted by Gasteiger charge is 2.08. The third kappa shape index (κ3) is 30.5. The van der Waals surface area contributed by atoms with Crippen LogP contribution in [0, 0.1) is 0 Å². The van der Waals surface area contributed by atoms with Gasteiger partial charge in [0.1, 0.15) is 0 Å². The summed E-state index contributed by atoms with van der Waals surface area (Å²) in [5, 5.41) is 27.5. The minimum Gasteiger partial charge on any atom is -0.396 e. The van der Waals surface area contributed by atoms with Gasteiger partial charge in [-0.25, -0.2) is 0 Å². The van der Waals surface area contributed by atoms with E-state index in [-0.39, 0.29) is 19.8 Å². The molecule has 6 nitrogen and oxygen atoms in total. The van der Waals surface area contributed by atoms with Gasteiger partial charge in [0.2, 0.25) is 0 Å². The molecule has 0 radical (unpaired) electrons. The lowest BCUT2D eigenvalue weighted by Crippen LogP contribution is -2.33. The van der Waals surface area contributed by atoms with Crippen LogP contribution in [0.15, 0.2) is 0 Å². The topological polar surface area (TPSA) is 76.4 Å². The zero-order valence-corrected chi connectivity index (χ0v) is 26.3. The smallest absolute Gasteiger partial charge is 0.0478 e. The molecular formula is C33H70N2O4. The molecule has 0 aliphatic heterocycles. The molecule has 6 heteroatoms. The zero-order valence-electron chi connectivity index (χ0n) is 26.3. The van der Waals surface area contributed by atoms with Crippen molar-refractivity contribution >= 4 is 0 Å². The molecule has 0 bridgehead atoms. The van der Waals surface area contributed by atoms with Gasteiger partial charge < -0.3 is 29.9 Å². The van der Waals surface area contributed by atoms with E-state index in [4.69, 9.17) is 14.9 Å². The van der Waals surface area contributed by atoms with Crippen molar-refractivity contribution in [3.8, 4) is 0 Å². The fourth-order valence-electron chi connectivity index (χ4n) is 5.32. The summed E-state index contributed by atoms with van der Waals surface area (Å²) in [7, 11) is 0. The van der Waals surface area contributed by atoms with Gasteiger partial charge in [-0.3, -0.25) is 0 Å². The van der Waals surface area contributed by atoms with E-state index < -0.39 is 0 Å². The van der Waals surface area contributed by atoms with Crippen LogP contribution in [-0.4, -0.2) is 97.4 Å². The molecule has 0 amide bonds. The highest BCUT2D eigenvalue weighted by molar-refractivity contribution is 4.63. The van der Waals surface area contributed by atoms with Gasteiger partial charge in [0.15, 0.2) is 0 Å². The molecule has 0 spiro atoms. The van der Waals surface area contributed by atoms with Crippen molar-refractivity contribution in [2.45, 2.75) is 142 Å². The zero-order chi connectivity index (χ0) is 28.5. The van der Waals surface area contributed by atoms with Gasteiger partial charge in [-0.15, -0.1) is 0 Å². The molecule has 0 atom stereocenters. The van der Waals surface area contributed by atoms with Crippen molar-refractivity contribution < 1.29 is 20.1 Å². The van der Waals surface area contributed by atoms with E-state index in [1.807, 2.05) is 0 Å². The van der Waals surface area contributed by atoms with Crippen LogP contribution in [0.2, 0.25) is 0 Å². The second-order valence-corrected chi connectivity index (χ2v) is 11.5. The molecule has 0 aromatic carbocycles. The Morgan fingerprint density at radius 1 is 0.359 bits per heavy atom. The van der Waals surface area contributed by atoms with Crippen LogP contribution in [0.3, 0.4) is 0 Å². The fraction of sp³-hybridized carbons (Fsp3) is 1.00. The summed E-state index contributed by atoms with van der Waals surface area (Å²) < 4.78 is 5.91. The minimum absolute atomic E-state index is 0.220. The SMILES string of the molecule is CCCCCCCCCCCCCCCCCCOCCCN(CCCO)CCCN(CCCO)CCCO. The summed E-state index contributed by atoms with van der Waals surface area (Å²) in [5.74, 6) is 0. The molecule has 0 aliphatic rings. The fourth-order valence-corrected chi connectivity index (χ4v) is 5.32. The van der Waals surface area contributed by atoms with E-state index in [0.717, 1.165) is 84.6 Å². The van der Waals surface area contributed by atoms with E-state index >= 15 is 0 Å². The van der Waals surface area contributed by atoms with Gasteiger partial charge in [0.05, 0.1) is 0 Å². The molecule has 39 heavy (non-hydrogen) atoms. The number of aliphatic hydroxyl groups is 3. The normalized spacial score (nSPS) is 11.8. The first-order valence-electron chi connectivity index (χ1n) is 17.1. The third-order valence-electron chi connectivity index (χ3n) is 7.75. The van der Waals surface area contributed by atoms with Crippen molar-refractivity contribution in [1.29, 1.82) is 0 Å². The molecule has 0 aliphatic carbocycles. The monoisotopic (exact) mass is 559 g/mol. The molecule has 0 unspecified atom stereocenters. The number of hydrogen-bond acceptors (Lipinski definition) is 6. The highest BCUT2D eigenvalue weighted by atomic mass is 16.5. The van der Waals surface area contributed by atoms with Gasteiger partial charge in [-0.05, 0) is 51.6 Å². The van der Waals surface area contributed by atoms with Crippen LogP contribution >= 0.6 is 0 Å². The Kier molecular flexibility index (Phi) is 33.8. The Bertz CT molecular complexity index is 434. The van der Waals surface area contributed by atoms with Crippen molar-refractivity contribution in [2.75, 3.05) is 72.3 Å². The summed E-state index contributed by atoms with van der Waals surface area (Å²) >= 11 is 0. The maximum Gasteiger partial charge on any atom is 0.0478 e. The Balaban J connectivity index is 3.59. The van der Waals surface area contributed by atoms with Crippen molar-refractivity contribution in [1.82, 2.24) is 9.80 Å². The quantitative estimate of drug-likeness (QED) is 0.0755. The van der Waals surface area contributed by atoms with Crippen molar-refractivity contribution in [3.63, 3.8) is 0 Å². The molecule has 0 aromatic heterocycles. The second kappa shape index (κ2) is 34.0. The molecule has 0 fully saturated rings. The van der Waals surface area contributed by atoms with Crippen LogP contribution in [0.25, 0.3) is 0 Å². The molecule has 0 saturated carbocycles. The average Bonchev–Trinajstić information content (AvgIpc) is 2.95. The molecule has 0 rings (SSSR count). The Morgan fingerprint density at radius 3 is 1.05 bits per heavy atom. The van der Waals surface area contributed by atoms with Crippen LogP contribution in [0.4, 0.5) is 0 Å². The first-order valence-corrected chi connectivity index (χ1v) is 17.1. The van der Waals surface area contributed by atoms with E-state index in [1.54, 1.807) is 0 Å². The predicted octanol–water partition coefficient (Wildman–Crippen LogP) is 6.80. The first-order chi connectivity index (χ1) is 19.3. The predicted molar refractivity (Wildman–Crippen MR) is 168 cm³/mol. The number of hydrogen-bond donors (Lipinski definition) is 3. The van der Waals surface area contributed by atoms with E-state index in [0.29, 0.717) is 0 Å². The third-order valence-corrected chi connectivity index (χ3v) is 7.75. The highest BCUT2D eigenvalue weighted by Crippen LogP contribution is 2.13. The summed E-state index contributed by atoms with van der Waals surface area (Å²) in [6.07, 6.45) is 26.9. The Morgan fingerprint density at radius 2 is 0.667 bits per heavy atom. The number of aliphatic hydroxyl groups excluding tert-OH is 3. The van der Waals surface area contributed by atoms with E-state index in [2.05, 4.69) is 16.7 Å². The molecule has 0 heterocycles. The van der Waals surface area contributed by atoms with Crippen LogP contribution < -0.4 is 0 Å². The van der Waals surface area contributed by atoms with Gasteiger partial charge in [-0.1, -0.05) is 103 Å². The lowest BCUT2D eigenvalue weighted by molar-refractivity contribution is 0.114. The van der Waals surface area contributed by atoms with Crippen molar-refractivity contribution in [2.24, 2.45) is 0 Å². The van der Waals surface area contributed by atoms with Crippen molar-refractivity contribution in [3.05, 3.63) is 0 Å². The average molecular weight is 559 g/mol. The second-order valence-electron chi connectivity index (χ2n) is 11.5. The molecular weight excluding hydrogens is 488 g/mol. The van der Waals surface area contributed by atoms with Gasteiger partial charge >= 0.3 is 0 Å². The molecule has 3 N–H and O–H groups in total. The van der Waals surface area contributed by atoms with Crippen LogP contribution in [0.5, 0.6) is 0 Å². The summed E-state index contributed by atoms with van der Waals surface area (Å²) in [6.45, 7) is 10.4. The number of unbranched alkanes of at least 4 members (excludes halogenated alkanes) is 15. The molecule has 236 valence electrons. The summed E-state index contributed by atoms with van der Waals surface area (Å²) in [6, 6.07) is 0. The summed E-state index contributed by atoms with van der Waals surface area (Å²) in [5.41, 5.74) is 0. The van der Waals surface area contributed by atoms with Gasteiger partial charge in [0, 0.05) is 59.2 Å². The Labute approximate surface area is 243 Å². The lowest BCUT2D eigenvalue weighted by atomic mass is 10.0. The van der Waals surface area contributed by atoms with Crippen LogP contribution in [0.1, 0.15) is 142 Å². The van der Waals surface area contributed by atoms with E-state index in [9.17, 15) is 5.11 Å². The van der Waals surface area contributed by atoms with Gasteiger partial charge in [0.25, 0.3) is 0 Å². The molecule has 0 aromatic rings. The van der Waals surface area contributed by atoms with E-state index in [1.165, 1.54) is 103 Å². The maximum absolute atomic E-state index is 9.26. The van der Waals surface area contributed by atoms with Crippen LogP contribution in [-0.2, 0) is 4.74 Å². The standard InChI is InChI=1S/C33H70N2O4/c1-2-3-4-5-6-7-8-9-10-11-12-13-14-15-16-17-32-39-33-22-28-35(27-21-31-38)24-18-23-34(25-19-29-36)26-20-30-37/h36-38H,2-33H2,1H3. The number of ether oxygens (including phenoxy) is 1. The van der Waals surface area contributed by atoms with Gasteiger partial charge in [-0.2, -0.15) is 0 Å². The molecule has 0 saturated heterocycles. The summed E-state index contributed by atoms with van der Waals surface area (Å²) in [4.78, 5) is 4.79. The Hall–Kier alpha value is -0.240. The lowest BCUT2D eigenvalue weighted by Gasteiger charge is -2.25.